The van der Waals surface area contributed by atoms with Crippen molar-refractivity contribution >= 4 is 16.8 Å². The summed E-state index contributed by atoms with van der Waals surface area (Å²) in [6, 6.07) is 22.3. The van der Waals surface area contributed by atoms with Crippen LogP contribution in [0.4, 0.5) is 0 Å². The molecule has 0 aliphatic rings. The Morgan fingerprint density at radius 2 is 1.79 bits per heavy atom. The molecule has 1 atom stereocenters. The molecule has 0 radical (unpaired) electrons. The first-order valence-electron chi connectivity index (χ1n) is 11.8. The normalized spacial score (nSPS) is 11.9. The van der Waals surface area contributed by atoms with Crippen molar-refractivity contribution in [2.75, 3.05) is 20.8 Å². The van der Waals surface area contributed by atoms with E-state index in [9.17, 15) is 4.79 Å². The number of aromatic nitrogens is 1. The fourth-order valence-electron chi connectivity index (χ4n) is 4.56. The zero-order valence-corrected chi connectivity index (χ0v) is 20.1. The number of fused-ring (bicyclic) bond motifs is 1. The highest BCUT2D eigenvalue weighted by Gasteiger charge is 2.25. The maximum atomic E-state index is 13.1. The summed E-state index contributed by atoms with van der Waals surface area (Å²) < 4.78 is 11.1. The van der Waals surface area contributed by atoms with Crippen molar-refractivity contribution < 1.29 is 14.3 Å². The van der Waals surface area contributed by atoms with Crippen LogP contribution >= 0.6 is 0 Å². The number of para-hydroxylation sites is 1. The fraction of sp³-hybridized carbons (Fsp3) is 0.276. The number of rotatable bonds is 10. The van der Waals surface area contributed by atoms with Gasteiger partial charge in [0.15, 0.2) is 0 Å². The van der Waals surface area contributed by atoms with Crippen molar-refractivity contribution in [3.63, 3.8) is 0 Å². The second-order valence-electron chi connectivity index (χ2n) is 8.39. The molecule has 3 aromatic carbocycles. The van der Waals surface area contributed by atoms with Crippen molar-refractivity contribution in [1.82, 2.24) is 10.3 Å². The minimum Gasteiger partial charge on any atom is -0.497 e. The molecule has 0 bridgehead atoms. The van der Waals surface area contributed by atoms with Gasteiger partial charge >= 0.3 is 0 Å². The summed E-state index contributed by atoms with van der Waals surface area (Å²) >= 11 is 0. The summed E-state index contributed by atoms with van der Waals surface area (Å²) in [5.74, 6) is 1.28. The van der Waals surface area contributed by atoms with E-state index in [-0.39, 0.29) is 11.8 Å². The summed E-state index contributed by atoms with van der Waals surface area (Å²) in [7, 11) is 3.29. The Labute approximate surface area is 201 Å². The maximum Gasteiger partial charge on any atom is 0.220 e. The molecule has 0 saturated heterocycles. The van der Waals surface area contributed by atoms with Gasteiger partial charge in [-0.25, -0.2) is 0 Å². The average Bonchev–Trinajstić information content (AvgIpc) is 3.31. The number of benzene rings is 3. The first kappa shape index (κ1) is 23.4. The highest BCUT2D eigenvalue weighted by molar-refractivity contribution is 5.88. The number of hydrogen-bond acceptors (Lipinski definition) is 3. The number of aryl methyl sites for hydroxylation is 1. The molecule has 5 heteroatoms. The highest BCUT2D eigenvalue weighted by Crippen LogP contribution is 2.39. The van der Waals surface area contributed by atoms with Crippen LogP contribution in [-0.4, -0.2) is 31.7 Å². The summed E-state index contributed by atoms with van der Waals surface area (Å²) in [5, 5.41) is 4.25. The van der Waals surface area contributed by atoms with Crippen LogP contribution in [0.25, 0.3) is 10.9 Å². The Hall–Kier alpha value is -3.73. The Morgan fingerprint density at radius 1 is 0.971 bits per heavy atom. The topological polar surface area (TPSA) is 63.4 Å². The number of hydrogen-bond donors (Lipinski definition) is 2. The van der Waals surface area contributed by atoms with E-state index in [1.165, 1.54) is 11.1 Å². The first-order valence-corrected chi connectivity index (χ1v) is 11.8. The van der Waals surface area contributed by atoms with E-state index in [0.29, 0.717) is 18.7 Å². The van der Waals surface area contributed by atoms with E-state index in [4.69, 9.17) is 9.47 Å². The number of H-pyrrole nitrogens is 1. The number of carbonyl (C=O) groups is 1. The molecule has 1 heterocycles. The van der Waals surface area contributed by atoms with E-state index in [1.54, 1.807) is 14.2 Å². The standard InChI is InChI=1S/C29H32N2O3/c1-4-21-11-8-12-24-26(19-31-29(21)24)25(23-14-13-22(33-2)17-27(23)34-3)18-28(32)30-16-15-20-9-6-5-7-10-20/h5-14,17,19,25,31H,4,15-16,18H2,1-3H3,(H,30,32). The van der Waals surface area contributed by atoms with Crippen LogP contribution in [0.3, 0.4) is 0 Å². The van der Waals surface area contributed by atoms with Crippen LogP contribution in [0.2, 0.25) is 0 Å². The quantitative estimate of drug-likeness (QED) is 0.325. The molecule has 1 unspecified atom stereocenters. The molecular formula is C29H32N2O3. The third-order valence-electron chi connectivity index (χ3n) is 6.37. The Kier molecular flexibility index (Phi) is 7.53. The molecule has 2 N–H and O–H groups in total. The lowest BCUT2D eigenvalue weighted by Gasteiger charge is -2.20. The van der Waals surface area contributed by atoms with Crippen molar-refractivity contribution in [2.24, 2.45) is 0 Å². The average molecular weight is 457 g/mol. The van der Waals surface area contributed by atoms with Crippen LogP contribution in [-0.2, 0) is 17.6 Å². The molecule has 0 aliphatic carbocycles. The zero-order chi connectivity index (χ0) is 23.9. The molecule has 0 aliphatic heterocycles. The van der Waals surface area contributed by atoms with E-state index < -0.39 is 0 Å². The molecule has 0 fully saturated rings. The van der Waals surface area contributed by atoms with Crippen LogP contribution in [0.5, 0.6) is 11.5 Å². The summed E-state index contributed by atoms with van der Waals surface area (Å²) in [6.45, 7) is 2.75. The van der Waals surface area contributed by atoms with Gasteiger partial charge in [0, 0.05) is 47.6 Å². The molecular weight excluding hydrogens is 424 g/mol. The van der Waals surface area contributed by atoms with E-state index in [1.807, 2.05) is 42.6 Å². The number of aromatic amines is 1. The van der Waals surface area contributed by atoms with Gasteiger partial charge in [-0.2, -0.15) is 0 Å². The van der Waals surface area contributed by atoms with Gasteiger partial charge in [-0.1, -0.05) is 61.5 Å². The van der Waals surface area contributed by atoms with Gasteiger partial charge in [-0.3, -0.25) is 4.79 Å². The van der Waals surface area contributed by atoms with Gasteiger partial charge in [0.05, 0.1) is 14.2 Å². The minimum absolute atomic E-state index is 0.0137. The van der Waals surface area contributed by atoms with Gasteiger partial charge in [0.1, 0.15) is 11.5 Å². The van der Waals surface area contributed by atoms with Gasteiger partial charge in [-0.05, 0) is 35.6 Å². The molecule has 5 nitrogen and oxygen atoms in total. The molecule has 4 aromatic rings. The molecule has 1 amide bonds. The fourth-order valence-corrected chi connectivity index (χ4v) is 4.56. The van der Waals surface area contributed by atoms with E-state index >= 15 is 0 Å². The monoisotopic (exact) mass is 456 g/mol. The van der Waals surface area contributed by atoms with Crippen LogP contribution in [0.15, 0.2) is 72.9 Å². The number of ether oxygens (including phenoxy) is 2. The Balaban J connectivity index is 1.64. The first-order chi connectivity index (χ1) is 16.6. The van der Waals surface area contributed by atoms with Gasteiger partial charge in [0.25, 0.3) is 0 Å². The molecule has 176 valence electrons. The third-order valence-corrected chi connectivity index (χ3v) is 6.37. The van der Waals surface area contributed by atoms with Gasteiger partial charge in [-0.15, -0.1) is 0 Å². The smallest absolute Gasteiger partial charge is 0.220 e. The van der Waals surface area contributed by atoms with Crippen LogP contribution < -0.4 is 14.8 Å². The largest absolute Gasteiger partial charge is 0.497 e. The SMILES string of the molecule is CCc1cccc2c(C(CC(=O)NCCc3ccccc3)c3ccc(OC)cc3OC)c[nH]c12. The Morgan fingerprint density at radius 3 is 2.53 bits per heavy atom. The second-order valence-corrected chi connectivity index (χ2v) is 8.39. The summed E-state index contributed by atoms with van der Waals surface area (Å²) in [5.41, 5.74) is 5.65. The predicted molar refractivity (Wildman–Crippen MR) is 137 cm³/mol. The molecule has 0 saturated carbocycles. The molecule has 34 heavy (non-hydrogen) atoms. The summed E-state index contributed by atoms with van der Waals surface area (Å²) in [4.78, 5) is 16.6. The number of amides is 1. The molecule has 4 rings (SSSR count). The number of methoxy groups -OCH3 is 2. The lowest BCUT2D eigenvalue weighted by atomic mass is 9.87. The Bertz CT molecular complexity index is 1250. The van der Waals surface area contributed by atoms with E-state index in [0.717, 1.165) is 40.6 Å². The van der Waals surface area contributed by atoms with Crippen LogP contribution in [0, 0.1) is 0 Å². The summed E-state index contributed by atoms with van der Waals surface area (Å²) in [6.07, 6.45) is 4.10. The van der Waals surface area contributed by atoms with Gasteiger partial charge < -0.3 is 19.8 Å². The minimum atomic E-state index is -0.168. The van der Waals surface area contributed by atoms with Crippen molar-refractivity contribution in [3.8, 4) is 11.5 Å². The second kappa shape index (κ2) is 10.9. The maximum absolute atomic E-state index is 13.1. The number of nitrogens with one attached hydrogen (secondary N) is 2. The highest BCUT2D eigenvalue weighted by atomic mass is 16.5. The third kappa shape index (κ3) is 5.09. The van der Waals surface area contributed by atoms with Crippen molar-refractivity contribution in [2.45, 2.75) is 32.1 Å². The lowest BCUT2D eigenvalue weighted by Crippen LogP contribution is -2.27. The predicted octanol–water partition coefficient (Wildman–Crippen LogP) is 5.63. The van der Waals surface area contributed by atoms with Crippen LogP contribution in [0.1, 0.15) is 41.5 Å². The molecule has 1 aromatic heterocycles. The van der Waals surface area contributed by atoms with Crippen molar-refractivity contribution in [1.29, 1.82) is 0 Å². The zero-order valence-electron chi connectivity index (χ0n) is 20.1. The van der Waals surface area contributed by atoms with Crippen molar-refractivity contribution in [3.05, 3.63) is 95.2 Å². The number of carbonyl (C=O) groups excluding carboxylic acids is 1. The van der Waals surface area contributed by atoms with Gasteiger partial charge in [0.2, 0.25) is 5.91 Å². The lowest BCUT2D eigenvalue weighted by molar-refractivity contribution is -0.121. The molecule has 0 spiro atoms. The van der Waals surface area contributed by atoms with E-state index in [2.05, 4.69) is 47.6 Å².